The molecule has 0 fully saturated rings. The Balaban J connectivity index is 1.67. The second-order valence-corrected chi connectivity index (χ2v) is 11.0. The van der Waals surface area contributed by atoms with Crippen LogP contribution >= 0.6 is 46.6 Å². The Morgan fingerprint density at radius 1 is 0.938 bits per heavy atom. The Morgan fingerprint density at radius 3 is 2.19 bits per heavy atom. The van der Waals surface area contributed by atoms with Crippen LogP contribution in [0.3, 0.4) is 0 Å². The molecule has 1 N–H and O–H groups in total. The van der Waals surface area contributed by atoms with E-state index < -0.39 is 22.5 Å². The first-order valence-corrected chi connectivity index (χ1v) is 13.3. The molecular formula is C22H19Cl3N2O3S2. The van der Waals surface area contributed by atoms with E-state index in [1.807, 2.05) is 42.5 Å². The largest absolute Gasteiger partial charge is 0.325 e. The maximum absolute atomic E-state index is 12.6. The number of rotatable bonds is 8. The molecular weight excluding hydrogens is 511 g/mol. The van der Waals surface area contributed by atoms with E-state index in [1.165, 1.54) is 17.0 Å². The van der Waals surface area contributed by atoms with Gasteiger partial charge in [-0.2, -0.15) is 0 Å². The molecule has 0 aliphatic rings. The number of carbonyl (C=O) groups is 1. The maximum atomic E-state index is 12.6. The minimum absolute atomic E-state index is 0.0675. The molecule has 0 unspecified atom stereocenters. The Morgan fingerprint density at radius 2 is 1.56 bits per heavy atom. The lowest BCUT2D eigenvalue weighted by molar-refractivity contribution is -0.114. The zero-order valence-electron chi connectivity index (χ0n) is 16.9. The first kappa shape index (κ1) is 24.7. The average Bonchev–Trinajstić information content (AvgIpc) is 2.74. The van der Waals surface area contributed by atoms with Crippen LogP contribution in [-0.2, 0) is 20.6 Å². The van der Waals surface area contributed by atoms with Gasteiger partial charge in [0.25, 0.3) is 0 Å². The van der Waals surface area contributed by atoms with Gasteiger partial charge in [-0.15, -0.1) is 11.8 Å². The highest BCUT2D eigenvalue weighted by molar-refractivity contribution is 7.98. The van der Waals surface area contributed by atoms with Gasteiger partial charge in [0, 0.05) is 16.3 Å². The first-order valence-electron chi connectivity index (χ1n) is 9.32. The zero-order valence-corrected chi connectivity index (χ0v) is 20.8. The van der Waals surface area contributed by atoms with Gasteiger partial charge in [-0.25, -0.2) is 8.42 Å². The SMILES string of the molecule is CS(=O)(=O)N(CC(=O)Nc1ccc(CSc2ccccc2)cc1)c1cc(Cl)c(Cl)cc1Cl. The summed E-state index contributed by atoms with van der Waals surface area (Å²) < 4.78 is 25.5. The number of amides is 1. The fourth-order valence-electron chi connectivity index (χ4n) is 2.78. The molecule has 0 radical (unpaired) electrons. The van der Waals surface area contributed by atoms with Gasteiger partial charge in [-0.1, -0.05) is 65.1 Å². The monoisotopic (exact) mass is 528 g/mol. The smallest absolute Gasteiger partial charge is 0.245 e. The minimum Gasteiger partial charge on any atom is -0.325 e. The molecule has 168 valence electrons. The average molecular weight is 530 g/mol. The van der Waals surface area contributed by atoms with E-state index in [9.17, 15) is 13.2 Å². The van der Waals surface area contributed by atoms with Crippen LogP contribution in [0.1, 0.15) is 5.56 Å². The van der Waals surface area contributed by atoms with Crippen LogP contribution in [0.25, 0.3) is 0 Å². The van der Waals surface area contributed by atoms with Gasteiger partial charge < -0.3 is 5.32 Å². The van der Waals surface area contributed by atoms with Gasteiger partial charge in [0.15, 0.2) is 0 Å². The molecule has 0 saturated carbocycles. The van der Waals surface area contributed by atoms with Crippen molar-refractivity contribution in [1.82, 2.24) is 0 Å². The molecule has 0 saturated heterocycles. The molecule has 3 aromatic carbocycles. The summed E-state index contributed by atoms with van der Waals surface area (Å²) >= 11 is 19.8. The molecule has 0 bridgehead atoms. The van der Waals surface area contributed by atoms with Crippen molar-refractivity contribution < 1.29 is 13.2 Å². The quantitative estimate of drug-likeness (QED) is 0.273. The van der Waals surface area contributed by atoms with Crippen molar-refractivity contribution in [2.75, 3.05) is 22.4 Å². The molecule has 0 aliphatic carbocycles. The van der Waals surface area contributed by atoms with Crippen molar-refractivity contribution in [3.05, 3.63) is 87.4 Å². The highest BCUT2D eigenvalue weighted by Gasteiger charge is 2.24. The van der Waals surface area contributed by atoms with E-state index in [-0.39, 0.29) is 20.8 Å². The summed E-state index contributed by atoms with van der Waals surface area (Å²) in [5.74, 6) is 0.264. The summed E-state index contributed by atoms with van der Waals surface area (Å²) in [5.41, 5.74) is 1.72. The fraction of sp³-hybridized carbons (Fsp3) is 0.136. The lowest BCUT2D eigenvalue weighted by Crippen LogP contribution is -2.37. The number of hydrogen-bond donors (Lipinski definition) is 1. The Bertz CT molecular complexity index is 1210. The lowest BCUT2D eigenvalue weighted by atomic mass is 10.2. The number of thioether (sulfide) groups is 1. The molecule has 0 heterocycles. The van der Waals surface area contributed by atoms with Crippen LogP contribution in [-0.4, -0.2) is 27.1 Å². The van der Waals surface area contributed by atoms with E-state index >= 15 is 0 Å². The Hall–Kier alpha value is -1.90. The number of anilines is 2. The van der Waals surface area contributed by atoms with Crippen molar-refractivity contribution in [3.63, 3.8) is 0 Å². The van der Waals surface area contributed by atoms with Crippen molar-refractivity contribution >= 4 is 73.9 Å². The third-order valence-electron chi connectivity index (χ3n) is 4.33. The highest BCUT2D eigenvalue weighted by Crippen LogP contribution is 2.35. The molecule has 0 aliphatic heterocycles. The molecule has 32 heavy (non-hydrogen) atoms. The van der Waals surface area contributed by atoms with Crippen LogP contribution in [0.2, 0.25) is 15.1 Å². The number of carbonyl (C=O) groups excluding carboxylic acids is 1. The number of halogens is 3. The van der Waals surface area contributed by atoms with E-state index in [0.717, 1.165) is 21.9 Å². The molecule has 10 heteroatoms. The molecule has 1 amide bonds. The van der Waals surface area contributed by atoms with Crippen molar-refractivity contribution in [2.24, 2.45) is 0 Å². The number of benzene rings is 3. The van der Waals surface area contributed by atoms with Gasteiger partial charge in [-0.3, -0.25) is 9.10 Å². The van der Waals surface area contributed by atoms with Crippen molar-refractivity contribution in [2.45, 2.75) is 10.6 Å². The van der Waals surface area contributed by atoms with Crippen molar-refractivity contribution in [3.8, 4) is 0 Å². The van der Waals surface area contributed by atoms with Crippen LogP contribution in [0.5, 0.6) is 0 Å². The van der Waals surface area contributed by atoms with Crippen molar-refractivity contribution in [1.29, 1.82) is 0 Å². The predicted octanol–water partition coefficient (Wildman–Crippen LogP) is 6.34. The summed E-state index contributed by atoms with van der Waals surface area (Å²) in [6, 6.07) is 20.1. The third kappa shape index (κ3) is 6.80. The number of sulfonamides is 1. The third-order valence-corrected chi connectivity index (χ3v) is 7.57. The van der Waals surface area contributed by atoms with Crippen LogP contribution in [0, 0.1) is 0 Å². The second-order valence-electron chi connectivity index (χ2n) is 6.83. The number of nitrogens with zero attached hydrogens (tertiary/aromatic N) is 1. The van der Waals surface area contributed by atoms with Gasteiger partial charge in [-0.05, 0) is 42.0 Å². The lowest BCUT2D eigenvalue weighted by Gasteiger charge is -2.23. The van der Waals surface area contributed by atoms with Gasteiger partial charge in [0.2, 0.25) is 15.9 Å². The molecule has 0 aromatic heterocycles. The normalized spacial score (nSPS) is 11.2. The van der Waals surface area contributed by atoms with E-state index in [4.69, 9.17) is 34.8 Å². The van der Waals surface area contributed by atoms with Crippen LogP contribution in [0.15, 0.2) is 71.6 Å². The number of nitrogens with one attached hydrogen (secondary N) is 1. The zero-order chi connectivity index (χ0) is 23.3. The molecule has 3 aromatic rings. The predicted molar refractivity (Wildman–Crippen MR) is 135 cm³/mol. The Kier molecular flexibility index (Phi) is 8.36. The standard InChI is InChI=1S/C22H19Cl3N2O3S2/c1-32(29,30)27(21-12-19(24)18(23)11-20(21)25)13-22(28)26-16-9-7-15(8-10-16)14-31-17-5-3-2-4-6-17/h2-12H,13-14H2,1H3,(H,26,28). The van der Waals surface area contributed by atoms with E-state index in [1.54, 1.807) is 23.9 Å². The fourth-order valence-corrected chi connectivity index (χ4v) is 5.21. The van der Waals surface area contributed by atoms with E-state index in [2.05, 4.69) is 5.32 Å². The molecule has 5 nitrogen and oxygen atoms in total. The van der Waals surface area contributed by atoms with E-state index in [0.29, 0.717) is 5.69 Å². The summed E-state index contributed by atoms with van der Waals surface area (Å²) in [7, 11) is -3.81. The Labute approximate surface area is 206 Å². The van der Waals surface area contributed by atoms with Gasteiger partial charge in [0.1, 0.15) is 6.54 Å². The second kappa shape index (κ2) is 10.8. The molecule has 0 spiro atoms. The first-order chi connectivity index (χ1) is 15.1. The van der Waals surface area contributed by atoms with Gasteiger partial charge in [0.05, 0.1) is 27.0 Å². The summed E-state index contributed by atoms with van der Waals surface area (Å²) in [5, 5.41) is 3.09. The highest BCUT2D eigenvalue weighted by atomic mass is 35.5. The van der Waals surface area contributed by atoms with Crippen LogP contribution in [0.4, 0.5) is 11.4 Å². The molecule has 0 atom stereocenters. The molecule has 3 rings (SSSR count). The summed E-state index contributed by atoms with van der Waals surface area (Å²) in [6.07, 6.45) is 0.984. The number of hydrogen-bond acceptors (Lipinski definition) is 4. The topological polar surface area (TPSA) is 66.5 Å². The van der Waals surface area contributed by atoms with Gasteiger partial charge >= 0.3 is 0 Å². The van der Waals surface area contributed by atoms with Crippen LogP contribution < -0.4 is 9.62 Å². The summed E-state index contributed by atoms with van der Waals surface area (Å²) in [6.45, 7) is -0.470. The maximum Gasteiger partial charge on any atom is 0.245 e. The minimum atomic E-state index is -3.81. The summed E-state index contributed by atoms with van der Waals surface area (Å²) in [4.78, 5) is 13.8.